The van der Waals surface area contributed by atoms with E-state index >= 15 is 8.78 Å². The van der Waals surface area contributed by atoms with Crippen LogP contribution in [0.4, 0.5) is 8.78 Å². The number of nitrogens with zero attached hydrogens (tertiary/aromatic N) is 1. The van der Waals surface area contributed by atoms with Crippen LogP contribution in [0.15, 0.2) is 36.4 Å². The van der Waals surface area contributed by atoms with E-state index in [1.165, 1.54) is 30.3 Å². The highest BCUT2D eigenvalue weighted by Crippen LogP contribution is 2.55. The average Bonchev–Trinajstić information content (AvgIpc) is 3.21. The molecule has 1 heterocycles. The molecule has 2 fully saturated rings. The molecule has 2 aromatic rings. The van der Waals surface area contributed by atoms with Crippen LogP contribution in [0.3, 0.4) is 0 Å². The van der Waals surface area contributed by atoms with Crippen LogP contribution in [-0.4, -0.2) is 59.2 Å². The zero-order valence-corrected chi connectivity index (χ0v) is 22.7. The predicted molar refractivity (Wildman–Crippen MR) is 142 cm³/mol. The lowest BCUT2D eigenvalue weighted by atomic mass is 9.58. The highest BCUT2D eigenvalue weighted by molar-refractivity contribution is 6.31. The summed E-state index contributed by atoms with van der Waals surface area (Å²) in [5.74, 6) is -3.41. The second-order valence-electron chi connectivity index (χ2n) is 10.6. The molecule has 0 radical (unpaired) electrons. The van der Waals surface area contributed by atoms with E-state index in [1.54, 1.807) is 0 Å². The maximum atomic E-state index is 15.7. The standard InChI is InChI=1S/C28H31Cl2F2N3O4/c29-16-5-6-19(21(31)11-16)28(14-33)22(12-27(15-37)8-2-9-27)35-25(26(39)34-10-7-17(38)13-36)23(28)18-3-1-4-20(30)24(18)32/h1,3-6,11,17,22-23,25,35-38H,2,7-10,12-13,15H2,(H,34,39)/t17-,22+,23+,25-,28+/m0/s1. The summed E-state index contributed by atoms with van der Waals surface area (Å²) in [6, 6.07) is 8.40. The van der Waals surface area contributed by atoms with Crippen molar-refractivity contribution < 1.29 is 28.9 Å². The van der Waals surface area contributed by atoms with E-state index < -0.39 is 59.1 Å². The summed E-state index contributed by atoms with van der Waals surface area (Å²) in [5.41, 5.74) is -2.40. The van der Waals surface area contributed by atoms with Crippen LogP contribution in [-0.2, 0) is 10.2 Å². The summed E-state index contributed by atoms with van der Waals surface area (Å²) in [7, 11) is 0. The Morgan fingerprint density at radius 2 is 1.97 bits per heavy atom. The normalized spacial score (nSPS) is 26.5. The highest BCUT2D eigenvalue weighted by Gasteiger charge is 2.62. The Morgan fingerprint density at radius 1 is 1.23 bits per heavy atom. The zero-order chi connectivity index (χ0) is 28.4. The van der Waals surface area contributed by atoms with Crippen LogP contribution < -0.4 is 10.6 Å². The van der Waals surface area contributed by atoms with E-state index in [0.29, 0.717) is 12.8 Å². The lowest BCUT2D eigenvalue weighted by Crippen LogP contribution is -2.49. The number of nitrogens with one attached hydrogen (secondary N) is 2. The van der Waals surface area contributed by atoms with Gasteiger partial charge >= 0.3 is 0 Å². The molecule has 1 amide bonds. The van der Waals surface area contributed by atoms with Gasteiger partial charge in [-0.05, 0) is 54.9 Å². The third kappa shape index (κ3) is 5.51. The molecule has 11 heteroatoms. The Labute approximate surface area is 235 Å². The van der Waals surface area contributed by atoms with Gasteiger partial charge in [0.2, 0.25) is 5.91 Å². The molecule has 2 aliphatic rings. The summed E-state index contributed by atoms with van der Waals surface area (Å²) in [6.07, 6.45) is 1.53. The van der Waals surface area contributed by atoms with Crippen molar-refractivity contribution in [2.45, 2.75) is 61.6 Å². The fraction of sp³-hybridized carbons (Fsp3) is 0.500. The minimum absolute atomic E-state index is 0.00356. The number of aliphatic hydroxyl groups is 3. The van der Waals surface area contributed by atoms with Gasteiger partial charge < -0.3 is 26.0 Å². The minimum atomic E-state index is -1.79. The number of carbonyl (C=O) groups excluding carboxylic acids is 1. The largest absolute Gasteiger partial charge is 0.396 e. The minimum Gasteiger partial charge on any atom is -0.396 e. The monoisotopic (exact) mass is 581 g/mol. The van der Waals surface area contributed by atoms with Crippen LogP contribution in [0.1, 0.15) is 49.1 Å². The molecular formula is C28H31Cl2F2N3O4. The first-order valence-corrected chi connectivity index (χ1v) is 13.6. The van der Waals surface area contributed by atoms with Crippen molar-refractivity contribution in [1.82, 2.24) is 10.6 Å². The Kier molecular flexibility index (Phi) is 9.16. The van der Waals surface area contributed by atoms with E-state index in [4.69, 9.17) is 28.3 Å². The van der Waals surface area contributed by atoms with Crippen molar-refractivity contribution in [1.29, 1.82) is 5.26 Å². The molecule has 0 spiro atoms. The summed E-state index contributed by atoms with van der Waals surface area (Å²) in [4.78, 5) is 13.6. The topological polar surface area (TPSA) is 126 Å². The lowest BCUT2D eigenvalue weighted by molar-refractivity contribution is -0.123. The van der Waals surface area contributed by atoms with Crippen molar-refractivity contribution in [3.05, 3.63) is 69.2 Å². The quantitative estimate of drug-likeness (QED) is 0.292. The number of halogens is 4. The molecule has 5 atom stereocenters. The number of rotatable bonds is 10. The summed E-state index contributed by atoms with van der Waals surface area (Å²) >= 11 is 12.2. The second kappa shape index (κ2) is 12.0. The number of benzene rings is 2. The number of nitriles is 1. The van der Waals surface area contributed by atoms with Crippen LogP contribution in [0.25, 0.3) is 0 Å². The van der Waals surface area contributed by atoms with Gasteiger partial charge in [-0.15, -0.1) is 0 Å². The van der Waals surface area contributed by atoms with E-state index in [9.17, 15) is 20.3 Å². The van der Waals surface area contributed by atoms with Gasteiger partial charge in [0, 0.05) is 35.7 Å². The average molecular weight is 582 g/mol. The van der Waals surface area contributed by atoms with Crippen molar-refractivity contribution in [3.63, 3.8) is 0 Å². The smallest absolute Gasteiger partial charge is 0.237 e. The summed E-state index contributed by atoms with van der Waals surface area (Å²) in [5, 5.41) is 45.7. The van der Waals surface area contributed by atoms with Gasteiger partial charge in [-0.25, -0.2) is 8.78 Å². The van der Waals surface area contributed by atoms with Gasteiger partial charge in [-0.2, -0.15) is 5.26 Å². The van der Waals surface area contributed by atoms with Crippen molar-refractivity contribution in [2.24, 2.45) is 5.41 Å². The van der Waals surface area contributed by atoms with E-state index in [2.05, 4.69) is 16.7 Å². The molecule has 5 N–H and O–H groups in total. The van der Waals surface area contributed by atoms with Crippen molar-refractivity contribution in [3.8, 4) is 6.07 Å². The van der Waals surface area contributed by atoms with E-state index in [0.717, 1.165) is 12.5 Å². The number of aliphatic hydroxyl groups excluding tert-OH is 3. The Hall–Kier alpha value is -2.32. The summed E-state index contributed by atoms with van der Waals surface area (Å²) in [6.45, 7) is -0.627. The van der Waals surface area contributed by atoms with E-state index in [-0.39, 0.29) is 47.2 Å². The Balaban J connectivity index is 1.89. The molecule has 2 aromatic carbocycles. The van der Waals surface area contributed by atoms with Crippen LogP contribution in [0.2, 0.25) is 10.0 Å². The van der Waals surface area contributed by atoms with Gasteiger partial charge in [0.05, 0.1) is 29.8 Å². The lowest BCUT2D eigenvalue weighted by Gasteiger charge is -2.45. The molecule has 4 rings (SSSR count). The van der Waals surface area contributed by atoms with Crippen LogP contribution >= 0.6 is 23.2 Å². The fourth-order valence-electron chi connectivity index (χ4n) is 6.04. The molecule has 210 valence electrons. The number of carbonyl (C=O) groups is 1. The molecule has 1 saturated carbocycles. The maximum absolute atomic E-state index is 15.7. The molecule has 7 nitrogen and oxygen atoms in total. The van der Waals surface area contributed by atoms with E-state index in [1.807, 2.05) is 0 Å². The maximum Gasteiger partial charge on any atom is 0.237 e. The van der Waals surface area contributed by atoms with Crippen molar-refractivity contribution in [2.75, 3.05) is 19.8 Å². The molecule has 1 aliphatic heterocycles. The van der Waals surface area contributed by atoms with Gasteiger partial charge in [-0.1, -0.05) is 47.8 Å². The van der Waals surface area contributed by atoms with Gasteiger partial charge in [-0.3, -0.25) is 4.79 Å². The van der Waals surface area contributed by atoms with Gasteiger partial charge in [0.15, 0.2) is 0 Å². The number of hydrogen-bond acceptors (Lipinski definition) is 6. The summed E-state index contributed by atoms with van der Waals surface area (Å²) < 4.78 is 31.3. The van der Waals surface area contributed by atoms with Crippen LogP contribution in [0.5, 0.6) is 0 Å². The highest BCUT2D eigenvalue weighted by atomic mass is 35.5. The van der Waals surface area contributed by atoms with Crippen LogP contribution in [0, 0.1) is 28.4 Å². The van der Waals surface area contributed by atoms with Crippen molar-refractivity contribution >= 4 is 29.1 Å². The third-order valence-electron chi connectivity index (χ3n) is 8.29. The first kappa shape index (κ1) is 29.7. The Bertz CT molecular complexity index is 1250. The van der Waals surface area contributed by atoms with Gasteiger partial charge in [0.25, 0.3) is 0 Å². The zero-order valence-electron chi connectivity index (χ0n) is 21.1. The molecule has 0 unspecified atom stereocenters. The fourth-order valence-corrected chi connectivity index (χ4v) is 6.38. The molecule has 0 aromatic heterocycles. The molecular weight excluding hydrogens is 551 g/mol. The third-order valence-corrected chi connectivity index (χ3v) is 8.82. The second-order valence-corrected chi connectivity index (χ2v) is 11.4. The predicted octanol–water partition coefficient (Wildman–Crippen LogP) is 3.57. The SMILES string of the molecule is N#C[C@]1(c2ccc(Cl)cc2F)[C@H](c2cccc(Cl)c2F)[C@@H](C(=O)NCC[C@H](O)CO)N[C@@H]1CC1(CO)CCC1. The number of amides is 1. The first-order valence-electron chi connectivity index (χ1n) is 12.9. The first-order chi connectivity index (χ1) is 18.6. The molecule has 1 aliphatic carbocycles. The molecule has 1 saturated heterocycles. The Morgan fingerprint density at radius 3 is 2.56 bits per heavy atom. The number of hydrogen-bond donors (Lipinski definition) is 5. The van der Waals surface area contributed by atoms with Gasteiger partial charge in [0.1, 0.15) is 17.0 Å². The molecule has 0 bridgehead atoms. The molecule has 39 heavy (non-hydrogen) atoms.